The first kappa shape index (κ1) is 17.0. The average molecular weight is 381 g/mol. The predicted molar refractivity (Wildman–Crippen MR) is 99.4 cm³/mol. The zero-order chi connectivity index (χ0) is 19.2. The number of fused-ring (bicyclic) bond motifs is 1. The number of sulfone groups is 1. The summed E-state index contributed by atoms with van der Waals surface area (Å²) in [5.41, 5.74) is 8.01. The molecule has 0 unspecified atom stereocenters. The molecule has 3 heterocycles. The van der Waals surface area contributed by atoms with Gasteiger partial charge in [0, 0.05) is 29.8 Å². The van der Waals surface area contributed by atoms with Gasteiger partial charge in [0.1, 0.15) is 5.65 Å². The van der Waals surface area contributed by atoms with Gasteiger partial charge in [0.2, 0.25) is 5.91 Å². The Morgan fingerprint density at radius 3 is 2.41 bits per heavy atom. The molecule has 9 heteroatoms. The summed E-state index contributed by atoms with van der Waals surface area (Å²) < 4.78 is 26.9. The van der Waals surface area contributed by atoms with Gasteiger partial charge in [0.25, 0.3) is 0 Å². The lowest BCUT2D eigenvalue weighted by molar-refractivity contribution is 0.100. The van der Waals surface area contributed by atoms with Crippen LogP contribution in [0.1, 0.15) is 10.4 Å². The molecular weight excluding hydrogens is 366 g/mol. The van der Waals surface area contributed by atoms with Crippen LogP contribution in [0.25, 0.3) is 22.6 Å². The number of pyridine rings is 1. The minimum atomic E-state index is -3.34. The number of primary amides is 1. The van der Waals surface area contributed by atoms with Gasteiger partial charge in [0.15, 0.2) is 15.7 Å². The van der Waals surface area contributed by atoms with E-state index in [4.69, 9.17) is 5.73 Å². The molecule has 0 radical (unpaired) electrons. The first-order valence-corrected chi connectivity index (χ1v) is 9.84. The zero-order valence-electron chi connectivity index (χ0n) is 14.3. The van der Waals surface area contributed by atoms with E-state index >= 15 is 0 Å². The van der Waals surface area contributed by atoms with Crippen molar-refractivity contribution < 1.29 is 13.2 Å². The molecule has 4 rings (SSSR count). The topological polar surface area (TPSA) is 112 Å². The molecule has 0 spiro atoms. The van der Waals surface area contributed by atoms with Gasteiger partial charge in [-0.3, -0.25) is 9.20 Å². The van der Waals surface area contributed by atoms with E-state index in [2.05, 4.69) is 10.1 Å². The summed E-state index contributed by atoms with van der Waals surface area (Å²) in [4.78, 5) is 15.7. The van der Waals surface area contributed by atoms with Crippen LogP contribution in [0.2, 0.25) is 0 Å². The van der Waals surface area contributed by atoms with Gasteiger partial charge in [-0.05, 0) is 29.8 Å². The molecule has 4 aromatic rings. The van der Waals surface area contributed by atoms with E-state index in [0.717, 1.165) is 17.4 Å². The smallest absolute Gasteiger partial charge is 0.248 e. The van der Waals surface area contributed by atoms with E-state index in [1.807, 2.05) is 0 Å². The fourth-order valence-corrected chi connectivity index (χ4v) is 3.37. The van der Waals surface area contributed by atoms with Crippen LogP contribution in [-0.2, 0) is 9.84 Å². The predicted octanol–water partition coefficient (Wildman–Crippen LogP) is 1.69. The Bertz CT molecular complexity index is 1270. The molecule has 1 aromatic carbocycles. The Morgan fingerprint density at radius 1 is 1.00 bits per heavy atom. The molecule has 27 heavy (non-hydrogen) atoms. The molecule has 2 N–H and O–H groups in total. The lowest BCUT2D eigenvalue weighted by Crippen LogP contribution is -2.10. The first-order valence-electron chi connectivity index (χ1n) is 7.95. The standard InChI is InChI=1S/C18H15N5O3S/c1-27(25,26)15-6-7-16-20-9-17(22(16)11-15)23-10-14(8-21-23)12-2-4-13(5-3-12)18(19)24/h2-11H,1H3,(H2,19,24). The third-order valence-corrected chi connectivity index (χ3v) is 5.30. The highest BCUT2D eigenvalue weighted by Crippen LogP contribution is 2.22. The Balaban J connectivity index is 1.76. The van der Waals surface area contributed by atoms with Gasteiger partial charge in [-0.1, -0.05) is 12.1 Å². The van der Waals surface area contributed by atoms with Crippen molar-refractivity contribution in [3.63, 3.8) is 0 Å². The van der Waals surface area contributed by atoms with E-state index < -0.39 is 15.7 Å². The molecule has 0 aliphatic carbocycles. The molecule has 1 amide bonds. The summed E-state index contributed by atoms with van der Waals surface area (Å²) in [6.07, 6.45) is 7.78. The summed E-state index contributed by atoms with van der Waals surface area (Å²) in [6, 6.07) is 10.1. The molecule has 0 saturated heterocycles. The largest absolute Gasteiger partial charge is 0.366 e. The highest BCUT2D eigenvalue weighted by molar-refractivity contribution is 7.90. The molecule has 8 nitrogen and oxygen atoms in total. The second-order valence-electron chi connectivity index (χ2n) is 6.10. The van der Waals surface area contributed by atoms with Gasteiger partial charge in [-0.2, -0.15) is 5.10 Å². The normalized spacial score (nSPS) is 11.7. The number of hydrogen-bond acceptors (Lipinski definition) is 5. The maximum atomic E-state index is 11.8. The number of benzene rings is 1. The van der Waals surface area contributed by atoms with Crippen LogP contribution in [0.4, 0.5) is 0 Å². The minimum Gasteiger partial charge on any atom is -0.366 e. The van der Waals surface area contributed by atoms with Crippen LogP contribution in [0.5, 0.6) is 0 Å². The fraction of sp³-hybridized carbons (Fsp3) is 0.0556. The van der Waals surface area contributed by atoms with Crippen molar-refractivity contribution in [3.8, 4) is 16.9 Å². The van der Waals surface area contributed by atoms with Crippen LogP contribution in [0.3, 0.4) is 0 Å². The summed E-state index contributed by atoms with van der Waals surface area (Å²) in [6.45, 7) is 0. The highest BCUT2D eigenvalue weighted by Gasteiger charge is 2.13. The van der Waals surface area contributed by atoms with Crippen LogP contribution in [0.15, 0.2) is 66.1 Å². The molecule has 0 aliphatic heterocycles. The molecule has 0 atom stereocenters. The van der Waals surface area contributed by atoms with Crippen LogP contribution in [0, 0.1) is 0 Å². The molecule has 0 aliphatic rings. The van der Waals surface area contributed by atoms with Crippen molar-refractivity contribution in [2.24, 2.45) is 5.73 Å². The molecule has 136 valence electrons. The van der Waals surface area contributed by atoms with Crippen molar-refractivity contribution in [1.82, 2.24) is 19.2 Å². The summed E-state index contributed by atoms with van der Waals surface area (Å²) in [7, 11) is -3.34. The van der Waals surface area contributed by atoms with Gasteiger partial charge >= 0.3 is 0 Å². The van der Waals surface area contributed by atoms with Crippen molar-refractivity contribution in [1.29, 1.82) is 0 Å². The van der Waals surface area contributed by atoms with Gasteiger partial charge in [-0.15, -0.1) is 0 Å². The third kappa shape index (κ3) is 3.08. The second kappa shape index (κ2) is 6.06. The van der Waals surface area contributed by atoms with E-state index in [1.54, 1.807) is 58.0 Å². The number of nitrogens with zero attached hydrogens (tertiary/aromatic N) is 4. The summed E-state index contributed by atoms with van der Waals surface area (Å²) in [5.74, 6) is 0.125. The van der Waals surface area contributed by atoms with Crippen molar-refractivity contribution >= 4 is 21.4 Å². The van der Waals surface area contributed by atoms with Crippen molar-refractivity contribution in [2.75, 3.05) is 6.26 Å². The number of rotatable bonds is 4. The number of carbonyl (C=O) groups excluding carboxylic acids is 1. The summed E-state index contributed by atoms with van der Waals surface area (Å²) >= 11 is 0. The number of amides is 1. The Morgan fingerprint density at radius 2 is 1.74 bits per heavy atom. The van der Waals surface area contributed by atoms with Crippen LogP contribution < -0.4 is 5.73 Å². The van der Waals surface area contributed by atoms with Crippen molar-refractivity contribution in [2.45, 2.75) is 4.90 Å². The van der Waals surface area contributed by atoms with E-state index in [0.29, 0.717) is 17.0 Å². The van der Waals surface area contributed by atoms with Crippen molar-refractivity contribution in [3.05, 3.63) is 66.7 Å². The van der Waals surface area contributed by atoms with E-state index in [9.17, 15) is 13.2 Å². The zero-order valence-corrected chi connectivity index (χ0v) is 15.1. The summed E-state index contributed by atoms with van der Waals surface area (Å²) in [5, 5.41) is 4.35. The lowest BCUT2D eigenvalue weighted by Gasteiger charge is -2.04. The van der Waals surface area contributed by atoms with E-state index in [1.165, 1.54) is 12.3 Å². The first-order chi connectivity index (χ1) is 12.8. The number of carbonyl (C=O) groups is 1. The van der Waals surface area contributed by atoms with E-state index in [-0.39, 0.29) is 4.90 Å². The van der Waals surface area contributed by atoms with Gasteiger partial charge in [0.05, 0.1) is 17.3 Å². The quantitative estimate of drug-likeness (QED) is 0.578. The lowest BCUT2D eigenvalue weighted by atomic mass is 10.1. The maximum absolute atomic E-state index is 11.8. The van der Waals surface area contributed by atoms with Crippen LogP contribution in [-0.4, -0.2) is 39.7 Å². The Hall–Kier alpha value is -3.46. The molecule has 0 saturated carbocycles. The number of aromatic nitrogens is 4. The van der Waals surface area contributed by atoms with Gasteiger partial charge in [-0.25, -0.2) is 18.1 Å². The number of nitrogens with two attached hydrogens (primary N) is 1. The maximum Gasteiger partial charge on any atom is 0.248 e. The SMILES string of the molecule is CS(=O)(=O)c1ccc2ncc(-n3cc(-c4ccc(C(N)=O)cc4)cn3)n2c1. The third-order valence-electron chi connectivity index (χ3n) is 4.21. The monoisotopic (exact) mass is 381 g/mol. The molecule has 0 fully saturated rings. The molecular formula is C18H15N5O3S. The van der Waals surface area contributed by atoms with Gasteiger partial charge < -0.3 is 5.73 Å². The molecule has 3 aromatic heterocycles. The number of imidazole rings is 1. The molecule has 0 bridgehead atoms. The average Bonchev–Trinajstić information content (AvgIpc) is 3.27. The Labute approximate surface area is 154 Å². The van der Waals surface area contributed by atoms with Crippen LogP contribution >= 0.6 is 0 Å². The second-order valence-corrected chi connectivity index (χ2v) is 8.11. The number of hydrogen-bond donors (Lipinski definition) is 1. The minimum absolute atomic E-state index is 0.198. The highest BCUT2D eigenvalue weighted by atomic mass is 32.2. The fourth-order valence-electron chi connectivity index (χ4n) is 2.76. The Kier molecular flexibility index (Phi) is 3.81.